The van der Waals surface area contributed by atoms with Gasteiger partial charge in [0.25, 0.3) is 0 Å². The van der Waals surface area contributed by atoms with E-state index in [4.69, 9.17) is 0 Å². The Bertz CT molecular complexity index is 274. The molecule has 4 nitrogen and oxygen atoms in total. The van der Waals surface area contributed by atoms with E-state index in [1.165, 1.54) is 6.08 Å². The third-order valence-corrected chi connectivity index (χ3v) is 2.75. The highest BCUT2D eigenvalue weighted by Crippen LogP contribution is 2.26. The van der Waals surface area contributed by atoms with E-state index in [9.17, 15) is 9.59 Å². The molecular weight excluding hydrogens is 192 g/mol. The third kappa shape index (κ3) is 3.08. The van der Waals surface area contributed by atoms with Crippen molar-refractivity contribution in [2.24, 2.45) is 5.92 Å². The van der Waals surface area contributed by atoms with Gasteiger partial charge in [0.1, 0.15) is 0 Å². The SMILES string of the molecule is C=CC(=O)NC1CCC(C(=O)N(C)C)C1. The smallest absolute Gasteiger partial charge is 0.243 e. The van der Waals surface area contributed by atoms with E-state index in [-0.39, 0.29) is 23.8 Å². The summed E-state index contributed by atoms with van der Waals surface area (Å²) in [4.78, 5) is 24.3. The standard InChI is InChI=1S/C11H18N2O2/c1-4-10(14)12-9-6-5-8(7-9)11(15)13(2)3/h4,8-9H,1,5-7H2,2-3H3,(H,12,14). The van der Waals surface area contributed by atoms with Crippen molar-refractivity contribution in [2.45, 2.75) is 25.3 Å². The molecule has 0 saturated heterocycles. The number of rotatable bonds is 3. The fourth-order valence-corrected chi connectivity index (χ4v) is 1.96. The molecule has 1 aliphatic carbocycles. The van der Waals surface area contributed by atoms with Crippen molar-refractivity contribution in [3.63, 3.8) is 0 Å². The maximum absolute atomic E-state index is 11.6. The summed E-state index contributed by atoms with van der Waals surface area (Å²) in [5.41, 5.74) is 0. The normalized spacial score (nSPS) is 24.7. The van der Waals surface area contributed by atoms with Crippen molar-refractivity contribution < 1.29 is 9.59 Å². The van der Waals surface area contributed by atoms with Gasteiger partial charge >= 0.3 is 0 Å². The predicted molar refractivity (Wildman–Crippen MR) is 58.2 cm³/mol. The zero-order valence-electron chi connectivity index (χ0n) is 9.32. The Balaban J connectivity index is 2.42. The van der Waals surface area contributed by atoms with E-state index in [0.29, 0.717) is 0 Å². The Morgan fingerprint density at radius 3 is 2.60 bits per heavy atom. The fourth-order valence-electron chi connectivity index (χ4n) is 1.96. The Labute approximate surface area is 90.3 Å². The van der Waals surface area contributed by atoms with Gasteiger partial charge in [-0.25, -0.2) is 0 Å². The zero-order chi connectivity index (χ0) is 11.4. The molecule has 0 radical (unpaired) electrons. The minimum Gasteiger partial charge on any atom is -0.350 e. The summed E-state index contributed by atoms with van der Waals surface area (Å²) in [6.45, 7) is 3.40. The van der Waals surface area contributed by atoms with E-state index in [2.05, 4.69) is 11.9 Å². The highest BCUT2D eigenvalue weighted by atomic mass is 16.2. The van der Waals surface area contributed by atoms with Gasteiger partial charge in [-0.2, -0.15) is 0 Å². The van der Waals surface area contributed by atoms with E-state index < -0.39 is 0 Å². The Morgan fingerprint density at radius 1 is 1.40 bits per heavy atom. The topological polar surface area (TPSA) is 49.4 Å². The zero-order valence-corrected chi connectivity index (χ0v) is 9.32. The first kappa shape index (κ1) is 11.8. The lowest BCUT2D eigenvalue weighted by molar-refractivity contribution is -0.132. The van der Waals surface area contributed by atoms with Gasteiger partial charge in [-0.15, -0.1) is 0 Å². The first-order valence-corrected chi connectivity index (χ1v) is 5.18. The first-order valence-electron chi connectivity index (χ1n) is 5.18. The van der Waals surface area contributed by atoms with E-state index in [1.54, 1.807) is 19.0 Å². The molecule has 0 spiro atoms. The lowest BCUT2D eigenvalue weighted by Crippen LogP contribution is -2.33. The summed E-state index contributed by atoms with van der Waals surface area (Å²) >= 11 is 0. The summed E-state index contributed by atoms with van der Waals surface area (Å²) in [7, 11) is 3.52. The minimum atomic E-state index is -0.155. The number of nitrogens with one attached hydrogen (secondary N) is 1. The fraction of sp³-hybridized carbons (Fsp3) is 0.636. The number of amides is 2. The van der Waals surface area contributed by atoms with Gasteiger partial charge in [0.05, 0.1) is 0 Å². The molecule has 1 rings (SSSR count). The number of hydrogen-bond donors (Lipinski definition) is 1. The van der Waals surface area contributed by atoms with Crippen molar-refractivity contribution >= 4 is 11.8 Å². The van der Waals surface area contributed by atoms with Crippen molar-refractivity contribution in [3.8, 4) is 0 Å². The molecule has 2 unspecified atom stereocenters. The van der Waals surface area contributed by atoms with Crippen LogP contribution in [0.4, 0.5) is 0 Å². The first-order chi connectivity index (χ1) is 7.04. The van der Waals surface area contributed by atoms with Gasteiger partial charge in [0.15, 0.2) is 0 Å². The number of nitrogens with zero attached hydrogens (tertiary/aromatic N) is 1. The molecule has 2 atom stereocenters. The molecule has 1 fully saturated rings. The van der Waals surface area contributed by atoms with Crippen LogP contribution in [0.5, 0.6) is 0 Å². The molecule has 1 saturated carbocycles. The van der Waals surface area contributed by atoms with Crippen LogP contribution < -0.4 is 5.32 Å². The Hall–Kier alpha value is -1.32. The maximum atomic E-state index is 11.6. The maximum Gasteiger partial charge on any atom is 0.243 e. The highest BCUT2D eigenvalue weighted by Gasteiger charge is 2.31. The summed E-state index contributed by atoms with van der Waals surface area (Å²) in [6, 6.07) is 0.129. The molecule has 1 N–H and O–H groups in total. The Kier molecular flexibility index (Phi) is 3.88. The molecule has 0 aromatic rings. The molecule has 0 aromatic carbocycles. The second kappa shape index (κ2) is 4.96. The quantitative estimate of drug-likeness (QED) is 0.691. The largest absolute Gasteiger partial charge is 0.350 e. The molecule has 2 amide bonds. The van der Waals surface area contributed by atoms with E-state index in [1.807, 2.05) is 0 Å². The lowest BCUT2D eigenvalue weighted by atomic mass is 10.1. The summed E-state index contributed by atoms with van der Waals surface area (Å²) in [5.74, 6) is 0.0680. The van der Waals surface area contributed by atoms with Crippen LogP contribution >= 0.6 is 0 Å². The van der Waals surface area contributed by atoms with Crippen LogP contribution in [0, 0.1) is 5.92 Å². The van der Waals surface area contributed by atoms with Gasteiger partial charge in [-0.1, -0.05) is 6.58 Å². The summed E-state index contributed by atoms with van der Waals surface area (Å²) < 4.78 is 0. The number of hydrogen-bond acceptors (Lipinski definition) is 2. The summed E-state index contributed by atoms with van der Waals surface area (Å²) in [5, 5.41) is 2.82. The van der Waals surface area contributed by atoms with Gasteiger partial charge in [-0.05, 0) is 25.3 Å². The molecule has 1 aliphatic rings. The second-order valence-electron chi connectivity index (χ2n) is 4.15. The van der Waals surface area contributed by atoms with Gasteiger partial charge in [-0.3, -0.25) is 9.59 Å². The van der Waals surface area contributed by atoms with Crippen molar-refractivity contribution in [1.82, 2.24) is 10.2 Å². The molecule has 84 valence electrons. The molecule has 4 heteroatoms. The third-order valence-electron chi connectivity index (χ3n) is 2.75. The van der Waals surface area contributed by atoms with Crippen LogP contribution in [-0.4, -0.2) is 36.9 Å². The second-order valence-corrected chi connectivity index (χ2v) is 4.15. The van der Waals surface area contributed by atoms with E-state index in [0.717, 1.165) is 19.3 Å². The van der Waals surface area contributed by atoms with Crippen molar-refractivity contribution in [1.29, 1.82) is 0 Å². The monoisotopic (exact) mass is 210 g/mol. The van der Waals surface area contributed by atoms with Crippen LogP contribution in [0.2, 0.25) is 0 Å². The molecular formula is C11H18N2O2. The molecule has 0 aliphatic heterocycles. The van der Waals surface area contributed by atoms with Crippen LogP contribution in [0.3, 0.4) is 0 Å². The van der Waals surface area contributed by atoms with Gasteiger partial charge < -0.3 is 10.2 Å². The Morgan fingerprint density at radius 2 is 2.07 bits per heavy atom. The molecule has 0 heterocycles. The minimum absolute atomic E-state index is 0.0649. The van der Waals surface area contributed by atoms with Gasteiger partial charge in [0.2, 0.25) is 11.8 Å². The highest BCUT2D eigenvalue weighted by molar-refractivity contribution is 5.87. The van der Waals surface area contributed by atoms with Gasteiger partial charge in [0, 0.05) is 26.1 Å². The molecule has 0 bridgehead atoms. The van der Waals surface area contributed by atoms with Crippen LogP contribution in [-0.2, 0) is 9.59 Å². The van der Waals surface area contributed by atoms with E-state index >= 15 is 0 Å². The number of carbonyl (C=O) groups excluding carboxylic acids is 2. The average molecular weight is 210 g/mol. The lowest BCUT2D eigenvalue weighted by Gasteiger charge is -2.16. The summed E-state index contributed by atoms with van der Waals surface area (Å²) in [6.07, 6.45) is 3.75. The van der Waals surface area contributed by atoms with Crippen molar-refractivity contribution in [3.05, 3.63) is 12.7 Å². The molecule has 0 aromatic heterocycles. The van der Waals surface area contributed by atoms with Crippen LogP contribution in [0.1, 0.15) is 19.3 Å². The number of carbonyl (C=O) groups is 2. The van der Waals surface area contributed by atoms with Crippen LogP contribution in [0.25, 0.3) is 0 Å². The van der Waals surface area contributed by atoms with Crippen LogP contribution in [0.15, 0.2) is 12.7 Å². The molecule has 15 heavy (non-hydrogen) atoms. The van der Waals surface area contributed by atoms with Crippen molar-refractivity contribution in [2.75, 3.05) is 14.1 Å². The predicted octanol–water partition coefficient (Wildman–Crippen LogP) is 0.545. The average Bonchev–Trinajstić information content (AvgIpc) is 2.64.